The number of hydrogen-bond donors (Lipinski definition) is 1. The maximum absolute atomic E-state index is 12.3. The predicted octanol–water partition coefficient (Wildman–Crippen LogP) is 4.66. The van der Waals surface area contributed by atoms with Crippen LogP contribution in [0, 0.1) is 0 Å². The van der Waals surface area contributed by atoms with Crippen LogP contribution in [-0.4, -0.2) is 47.2 Å². The molecule has 29 heavy (non-hydrogen) atoms. The molecule has 0 unspecified atom stereocenters. The zero-order valence-electron chi connectivity index (χ0n) is 16.2. The Labute approximate surface area is 173 Å². The van der Waals surface area contributed by atoms with Gasteiger partial charge in [-0.2, -0.15) is 5.10 Å². The number of H-pyrrole nitrogens is 1. The van der Waals surface area contributed by atoms with E-state index in [-0.39, 0.29) is 5.91 Å². The van der Waals surface area contributed by atoms with E-state index in [0.29, 0.717) is 22.0 Å². The molecule has 0 spiro atoms. The molecular formula is C22H19ClN4O2. The molecule has 0 fully saturated rings. The first-order chi connectivity index (χ1) is 14.0. The number of carbonyl (C=O) groups is 1. The van der Waals surface area contributed by atoms with Crippen molar-refractivity contribution in [1.82, 2.24) is 20.1 Å². The standard InChI is InChI=1S/C22H19ClN4O2/c1-27(2)22(28)14-6-4-5-13(9-14)15-10-18-20(25-26-21(18)24-12-15)17-8-7-16(23)11-19(17)29-3/h4-12H,1-3H3,(H,24,25,26). The van der Waals surface area contributed by atoms with Crippen LogP contribution >= 0.6 is 11.6 Å². The van der Waals surface area contributed by atoms with Gasteiger partial charge in [-0.1, -0.05) is 23.7 Å². The quantitative estimate of drug-likeness (QED) is 0.535. The van der Waals surface area contributed by atoms with Crippen LogP contribution in [0.15, 0.2) is 54.7 Å². The van der Waals surface area contributed by atoms with E-state index < -0.39 is 0 Å². The second kappa shape index (κ2) is 7.56. The number of nitrogens with one attached hydrogen (secondary N) is 1. The van der Waals surface area contributed by atoms with Crippen molar-refractivity contribution in [2.24, 2.45) is 0 Å². The number of nitrogens with zero attached hydrogens (tertiary/aromatic N) is 3. The molecule has 2 aromatic heterocycles. The minimum Gasteiger partial charge on any atom is -0.496 e. The van der Waals surface area contributed by atoms with Crippen LogP contribution in [0.3, 0.4) is 0 Å². The molecule has 146 valence electrons. The highest BCUT2D eigenvalue weighted by Crippen LogP contribution is 2.36. The molecule has 0 aliphatic rings. The summed E-state index contributed by atoms with van der Waals surface area (Å²) in [5.74, 6) is 0.600. The van der Waals surface area contributed by atoms with Crippen LogP contribution in [0.4, 0.5) is 0 Å². The van der Waals surface area contributed by atoms with Crippen LogP contribution in [-0.2, 0) is 0 Å². The lowest BCUT2D eigenvalue weighted by Gasteiger charge is -2.11. The Morgan fingerprint density at radius 1 is 1.10 bits per heavy atom. The van der Waals surface area contributed by atoms with Crippen molar-refractivity contribution in [2.75, 3.05) is 21.2 Å². The highest BCUT2D eigenvalue weighted by atomic mass is 35.5. The number of aromatic nitrogens is 3. The van der Waals surface area contributed by atoms with Gasteiger partial charge in [-0.3, -0.25) is 9.89 Å². The molecule has 0 aliphatic carbocycles. The van der Waals surface area contributed by atoms with E-state index in [2.05, 4.69) is 15.2 Å². The van der Waals surface area contributed by atoms with Crippen molar-refractivity contribution in [2.45, 2.75) is 0 Å². The molecule has 2 heterocycles. The summed E-state index contributed by atoms with van der Waals surface area (Å²) >= 11 is 6.09. The lowest BCUT2D eigenvalue weighted by Crippen LogP contribution is -2.21. The largest absolute Gasteiger partial charge is 0.496 e. The van der Waals surface area contributed by atoms with Gasteiger partial charge in [0.2, 0.25) is 0 Å². The molecule has 4 aromatic rings. The van der Waals surface area contributed by atoms with Gasteiger partial charge in [0.25, 0.3) is 5.91 Å². The third kappa shape index (κ3) is 3.54. The fourth-order valence-corrected chi connectivity index (χ4v) is 3.39. The van der Waals surface area contributed by atoms with E-state index in [4.69, 9.17) is 16.3 Å². The van der Waals surface area contributed by atoms with Crippen molar-refractivity contribution in [1.29, 1.82) is 0 Å². The number of aromatic amines is 1. The maximum Gasteiger partial charge on any atom is 0.253 e. The Morgan fingerprint density at radius 3 is 2.69 bits per heavy atom. The summed E-state index contributed by atoms with van der Waals surface area (Å²) in [5, 5.41) is 8.81. The van der Waals surface area contributed by atoms with E-state index in [1.807, 2.05) is 30.3 Å². The summed E-state index contributed by atoms with van der Waals surface area (Å²) in [4.78, 5) is 18.3. The lowest BCUT2D eigenvalue weighted by molar-refractivity contribution is 0.0827. The number of methoxy groups -OCH3 is 1. The number of ether oxygens (including phenoxy) is 1. The summed E-state index contributed by atoms with van der Waals surface area (Å²) in [6.45, 7) is 0. The van der Waals surface area contributed by atoms with E-state index in [1.54, 1.807) is 50.5 Å². The average molecular weight is 407 g/mol. The molecule has 0 saturated carbocycles. The highest BCUT2D eigenvalue weighted by molar-refractivity contribution is 6.30. The zero-order valence-corrected chi connectivity index (χ0v) is 17.0. The van der Waals surface area contributed by atoms with E-state index in [9.17, 15) is 4.79 Å². The SMILES string of the molecule is COc1cc(Cl)ccc1-c1[nH]nc2ncc(-c3cccc(C(=O)N(C)C)c3)cc12. The normalized spacial score (nSPS) is 10.9. The fourth-order valence-electron chi connectivity index (χ4n) is 3.22. The van der Waals surface area contributed by atoms with Gasteiger partial charge in [-0.05, 0) is 42.0 Å². The van der Waals surface area contributed by atoms with Gasteiger partial charge < -0.3 is 9.64 Å². The predicted molar refractivity (Wildman–Crippen MR) is 114 cm³/mol. The number of amides is 1. The number of rotatable bonds is 4. The average Bonchev–Trinajstić information content (AvgIpc) is 3.16. The van der Waals surface area contributed by atoms with E-state index in [1.165, 1.54) is 0 Å². The number of pyridine rings is 1. The van der Waals surface area contributed by atoms with Gasteiger partial charge in [0.05, 0.1) is 12.8 Å². The van der Waals surface area contributed by atoms with Gasteiger partial charge >= 0.3 is 0 Å². The molecule has 4 rings (SSSR count). The molecule has 7 heteroatoms. The number of hydrogen-bond acceptors (Lipinski definition) is 4. The van der Waals surface area contributed by atoms with Gasteiger partial charge in [0.1, 0.15) is 5.75 Å². The molecule has 0 bridgehead atoms. The van der Waals surface area contributed by atoms with Crippen molar-refractivity contribution >= 4 is 28.5 Å². The molecule has 0 saturated heterocycles. The van der Waals surface area contributed by atoms with Crippen molar-refractivity contribution in [3.63, 3.8) is 0 Å². The number of fused-ring (bicyclic) bond motifs is 1. The summed E-state index contributed by atoms with van der Waals surface area (Å²) in [6.07, 6.45) is 1.76. The van der Waals surface area contributed by atoms with Crippen LogP contribution in [0.1, 0.15) is 10.4 Å². The number of carbonyl (C=O) groups excluding carboxylic acids is 1. The molecule has 0 aliphatic heterocycles. The fraction of sp³-hybridized carbons (Fsp3) is 0.136. The summed E-state index contributed by atoms with van der Waals surface area (Å²) in [7, 11) is 5.07. The Bertz CT molecular complexity index is 1220. The first-order valence-electron chi connectivity index (χ1n) is 8.98. The Morgan fingerprint density at radius 2 is 1.93 bits per heavy atom. The molecule has 2 aromatic carbocycles. The van der Waals surface area contributed by atoms with Gasteiger partial charge in [-0.15, -0.1) is 0 Å². The van der Waals surface area contributed by atoms with Gasteiger partial charge in [0.15, 0.2) is 5.65 Å². The Kier molecular flexibility index (Phi) is 4.94. The van der Waals surface area contributed by atoms with Crippen LogP contribution < -0.4 is 4.74 Å². The van der Waals surface area contributed by atoms with Gasteiger partial charge in [-0.25, -0.2) is 4.98 Å². The third-order valence-corrected chi connectivity index (χ3v) is 4.93. The topological polar surface area (TPSA) is 71.1 Å². The zero-order chi connectivity index (χ0) is 20.5. The minimum atomic E-state index is -0.0456. The summed E-state index contributed by atoms with van der Waals surface area (Å²) < 4.78 is 5.48. The van der Waals surface area contributed by atoms with E-state index >= 15 is 0 Å². The Hall–Kier alpha value is -3.38. The highest BCUT2D eigenvalue weighted by Gasteiger charge is 2.15. The first-order valence-corrected chi connectivity index (χ1v) is 9.36. The number of halogens is 1. The lowest BCUT2D eigenvalue weighted by atomic mass is 10.0. The molecule has 6 nitrogen and oxygen atoms in total. The first kappa shape index (κ1) is 19.0. The van der Waals surface area contributed by atoms with Crippen molar-refractivity contribution in [3.05, 3.63) is 65.3 Å². The summed E-state index contributed by atoms with van der Waals surface area (Å²) in [6, 6.07) is 15.0. The number of benzene rings is 2. The second-order valence-electron chi connectivity index (χ2n) is 6.82. The smallest absolute Gasteiger partial charge is 0.253 e. The Balaban J connectivity index is 1.83. The summed E-state index contributed by atoms with van der Waals surface area (Å²) in [5.41, 5.74) is 4.66. The molecule has 0 radical (unpaired) electrons. The minimum absolute atomic E-state index is 0.0456. The van der Waals surface area contributed by atoms with Crippen molar-refractivity contribution < 1.29 is 9.53 Å². The second-order valence-corrected chi connectivity index (χ2v) is 7.26. The molecular weight excluding hydrogens is 388 g/mol. The third-order valence-electron chi connectivity index (χ3n) is 4.69. The van der Waals surface area contributed by atoms with Crippen LogP contribution in [0.2, 0.25) is 5.02 Å². The van der Waals surface area contributed by atoms with Crippen LogP contribution in [0.25, 0.3) is 33.4 Å². The monoisotopic (exact) mass is 406 g/mol. The molecule has 1 N–H and O–H groups in total. The van der Waals surface area contributed by atoms with E-state index in [0.717, 1.165) is 27.8 Å². The van der Waals surface area contributed by atoms with Crippen LogP contribution in [0.5, 0.6) is 5.75 Å². The maximum atomic E-state index is 12.3. The van der Waals surface area contributed by atoms with Gasteiger partial charge in [0, 0.05) is 47.4 Å². The molecule has 1 amide bonds. The molecule has 0 atom stereocenters. The van der Waals surface area contributed by atoms with Crippen molar-refractivity contribution in [3.8, 4) is 28.1 Å².